The Morgan fingerprint density at radius 3 is 2.75 bits per heavy atom. The van der Waals surface area contributed by atoms with Crippen LogP contribution in [0.3, 0.4) is 0 Å². The summed E-state index contributed by atoms with van der Waals surface area (Å²) in [6.07, 6.45) is -4.15. The largest absolute Gasteiger partial charge is 0.394 e. The lowest BCUT2D eigenvalue weighted by Gasteiger charge is -2.41. The summed E-state index contributed by atoms with van der Waals surface area (Å²) in [4.78, 5) is 6.43. The van der Waals surface area contributed by atoms with Gasteiger partial charge in [-0.2, -0.15) is 9.36 Å². The van der Waals surface area contributed by atoms with Crippen molar-refractivity contribution < 1.29 is 29.5 Å². The predicted octanol–water partition coefficient (Wildman–Crippen LogP) is -1.76. The number of aromatic nitrogens is 2. The van der Waals surface area contributed by atoms with E-state index in [1.165, 1.54) is 7.11 Å². The summed E-state index contributed by atoms with van der Waals surface area (Å²) < 4.78 is 20.3. The van der Waals surface area contributed by atoms with Crippen LogP contribution in [0, 0.1) is 0 Å². The van der Waals surface area contributed by atoms with Crippen LogP contribution in [-0.4, -0.2) is 95.3 Å². The van der Waals surface area contributed by atoms with Gasteiger partial charge in [0.2, 0.25) is 11.1 Å². The second-order valence-electron chi connectivity index (χ2n) is 5.61. The molecule has 10 nitrogen and oxygen atoms in total. The molecule has 0 aliphatic carbocycles. The van der Waals surface area contributed by atoms with Crippen molar-refractivity contribution in [3.8, 4) is 0 Å². The first-order valence-corrected chi connectivity index (χ1v) is 8.49. The van der Waals surface area contributed by atoms with E-state index in [2.05, 4.69) is 14.7 Å². The molecule has 0 spiro atoms. The topological polar surface area (TPSA) is 129 Å². The number of morpholine rings is 1. The van der Waals surface area contributed by atoms with Crippen molar-refractivity contribution in [1.82, 2.24) is 9.36 Å². The van der Waals surface area contributed by atoms with Crippen LogP contribution in [-0.2, 0) is 14.2 Å². The number of nitrogens with zero attached hydrogens (tertiary/aromatic N) is 3. The maximum Gasteiger partial charge on any atom is 0.239 e. The van der Waals surface area contributed by atoms with Gasteiger partial charge in [-0.1, -0.05) is 0 Å². The first-order chi connectivity index (χ1) is 11.6. The van der Waals surface area contributed by atoms with Crippen molar-refractivity contribution in [3.63, 3.8) is 0 Å². The molecule has 0 radical (unpaired) electrons. The molecule has 0 amide bonds. The normalized spacial score (nSPS) is 34.3. The van der Waals surface area contributed by atoms with E-state index in [0.29, 0.717) is 24.3 Å². The minimum absolute atomic E-state index is 0.412. The third kappa shape index (κ3) is 3.61. The zero-order valence-corrected chi connectivity index (χ0v) is 14.1. The second-order valence-corrected chi connectivity index (χ2v) is 6.36. The Balaban J connectivity index is 1.68. The lowest BCUT2D eigenvalue weighted by Crippen LogP contribution is -2.61. The maximum atomic E-state index is 10.3. The van der Waals surface area contributed by atoms with Gasteiger partial charge in [0.05, 0.1) is 19.8 Å². The third-order valence-corrected chi connectivity index (χ3v) is 4.75. The molecule has 136 valence electrons. The van der Waals surface area contributed by atoms with Crippen molar-refractivity contribution in [2.45, 2.75) is 30.6 Å². The van der Waals surface area contributed by atoms with Crippen LogP contribution < -0.4 is 10.2 Å². The zero-order chi connectivity index (χ0) is 17.1. The number of aliphatic hydroxyl groups is 3. The Morgan fingerprint density at radius 1 is 1.33 bits per heavy atom. The van der Waals surface area contributed by atoms with Crippen molar-refractivity contribution in [1.29, 1.82) is 0 Å². The monoisotopic (exact) mass is 362 g/mol. The quantitative estimate of drug-likeness (QED) is 0.478. The van der Waals surface area contributed by atoms with Crippen molar-refractivity contribution in [2.75, 3.05) is 50.2 Å². The molecule has 2 fully saturated rings. The van der Waals surface area contributed by atoms with Crippen molar-refractivity contribution >= 4 is 22.6 Å². The molecule has 4 N–H and O–H groups in total. The summed E-state index contributed by atoms with van der Waals surface area (Å²) in [6.45, 7) is 2.31. The highest BCUT2D eigenvalue weighted by Crippen LogP contribution is 2.26. The fourth-order valence-electron chi connectivity index (χ4n) is 2.75. The van der Waals surface area contributed by atoms with E-state index in [9.17, 15) is 15.3 Å². The van der Waals surface area contributed by atoms with Crippen LogP contribution in [0.5, 0.6) is 0 Å². The molecule has 2 aliphatic rings. The van der Waals surface area contributed by atoms with E-state index in [1.54, 1.807) is 0 Å². The number of aliphatic hydroxyl groups excluding tert-OH is 3. The van der Waals surface area contributed by atoms with E-state index < -0.39 is 37.3 Å². The lowest BCUT2D eigenvalue weighted by molar-refractivity contribution is -0.254. The van der Waals surface area contributed by atoms with E-state index in [4.69, 9.17) is 14.2 Å². The van der Waals surface area contributed by atoms with Crippen LogP contribution in [0.15, 0.2) is 0 Å². The molecular weight excluding hydrogens is 340 g/mol. The molecule has 1 aromatic rings. The maximum absolute atomic E-state index is 10.3. The molecule has 0 unspecified atom stereocenters. The molecule has 11 heteroatoms. The van der Waals surface area contributed by atoms with Gasteiger partial charge in [0.15, 0.2) is 6.29 Å². The van der Waals surface area contributed by atoms with Crippen molar-refractivity contribution in [2.24, 2.45) is 0 Å². The average molecular weight is 362 g/mol. The van der Waals surface area contributed by atoms with E-state index in [-0.39, 0.29) is 0 Å². The number of nitrogens with one attached hydrogen (secondary N) is 1. The fraction of sp³-hybridized carbons (Fsp3) is 0.846. The Labute approximate surface area is 143 Å². The van der Waals surface area contributed by atoms with Gasteiger partial charge in [0.1, 0.15) is 24.4 Å². The number of hydrogen-bond acceptors (Lipinski definition) is 11. The molecule has 0 saturated carbocycles. The molecule has 0 bridgehead atoms. The van der Waals surface area contributed by atoms with Gasteiger partial charge in [-0.15, -0.1) is 0 Å². The average Bonchev–Trinajstić information content (AvgIpc) is 3.09. The summed E-state index contributed by atoms with van der Waals surface area (Å²) >= 11 is 1.15. The molecule has 24 heavy (non-hydrogen) atoms. The smallest absolute Gasteiger partial charge is 0.239 e. The molecule has 5 atom stereocenters. The first-order valence-electron chi connectivity index (χ1n) is 7.72. The molecule has 3 rings (SSSR count). The van der Waals surface area contributed by atoms with Crippen molar-refractivity contribution in [3.05, 3.63) is 0 Å². The molecule has 1 aromatic heterocycles. The van der Waals surface area contributed by atoms with Gasteiger partial charge in [-0.3, -0.25) is 0 Å². The lowest BCUT2D eigenvalue weighted by atomic mass is 9.97. The SMILES string of the molecule is CO[C@H]1O[C@H](CO)[C@H](O)[C@H](O)[C@H]1Nc1nc(N2CCOCC2)ns1. The summed E-state index contributed by atoms with van der Waals surface area (Å²) in [5.74, 6) is 0.597. The number of methoxy groups -OCH3 is 1. The Kier molecular flexibility index (Phi) is 5.81. The molecule has 3 heterocycles. The molecule has 2 saturated heterocycles. The molecule has 0 aromatic carbocycles. The number of ether oxygens (including phenoxy) is 3. The third-order valence-electron chi connectivity index (χ3n) is 4.11. The van der Waals surface area contributed by atoms with Crippen LogP contribution in [0.1, 0.15) is 0 Å². The molecular formula is C13H22N4O6S. The highest BCUT2D eigenvalue weighted by molar-refractivity contribution is 7.09. The van der Waals surface area contributed by atoms with Gasteiger partial charge >= 0.3 is 0 Å². The Morgan fingerprint density at radius 2 is 2.08 bits per heavy atom. The first kappa shape index (κ1) is 17.7. The Bertz CT molecular complexity index is 526. The van der Waals surface area contributed by atoms with Gasteiger partial charge in [0, 0.05) is 31.7 Å². The van der Waals surface area contributed by atoms with E-state index in [1.807, 2.05) is 4.90 Å². The van der Waals surface area contributed by atoms with E-state index >= 15 is 0 Å². The number of hydrogen-bond donors (Lipinski definition) is 4. The standard InChI is InChI=1S/C13H22N4O6S/c1-21-11-8(10(20)9(19)7(6-18)23-11)14-13-15-12(16-24-13)17-2-4-22-5-3-17/h7-11,18-20H,2-6H2,1H3,(H,14,15,16)/t7-,8-,9+,10-,11+/m1/s1. The zero-order valence-electron chi connectivity index (χ0n) is 13.2. The minimum Gasteiger partial charge on any atom is -0.394 e. The number of anilines is 2. The van der Waals surface area contributed by atoms with Crippen LogP contribution in [0.25, 0.3) is 0 Å². The minimum atomic E-state index is -1.23. The number of rotatable bonds is 5. The predicted molar refractivity (Wildman–Crippen MR) is 85.1 cm³/mol. The van der Waals surface area contributed by atoms with Crippen LogP contribution >= 0.6 is 11.5 Å². The van der Waals surface area contributed by atoms with Crippen LogP contribution in [0.4, 0.5) is 11.1 Å². The van der Waals surface area contributed by atoms with Crippen LogP contribution in [0.2, 0.25) is 0 Å². The Hall–Kier alpha value is -1.08. The highest BCUT2D eigenvalue weighted by Gasteiger charge is 2.45. The van der Waals surface area contributed by atoms with Gasteiger partial charge in [-0.05, 0) is 0 Å². The summed E-state index contributed by atoms with van der Waals surface area (Å²) in [7, 11) is 1.43. The molecule has 2 aliphatic heterocycles. The summed E-state index contributed by atoms with van der Waals surface area (Å²) in [5.41, 5.74) is 0. The van der Waals surface area contributed by atoms with E-state index in [0.717, 1.165) is 24.6 Å². The summed E-state index contributed by atoms with van der Waals surface area (Å²) in [6, 6.07) is -0.738. The van der Waals surface area contributed by atoms with Gasteiger partial charge < -0.3 is 39.7 Å². The summed E-state index contributed by atoms with van der Waals surface area (Å²) in [5, 5.41) is 33.0. The van der Waals surface area contributed by atoms with Gasteiger partial charge in [0.25, 0.3) is 0 Å². The highest BCUT2D eigenvalue weighted by atomic mass is 32.1. The van der Waals surface area contributed by atoms with Gasteiger partial charge in [-0.25, -0.2) is 0 Å². The fourth-order valence-corrected chi connectivity index (χ4v) is 3.38. The second kappa shape index (κ2) is 7.87.